The minimum Gasteiger partial charge on any atom is -0.325 e. The van der Waals surface area contributed by atoms with Crippen LogP contribution in [-0.4, -0.2) is 15.5 Å². The largest absolute Gasteiger partial charge is 0.416 e. The van der Waals surface area contributed by atoms with E-state index in [-0.39, 0.29) is 5.82 Å². The molecule has 1 unspecified atom stereocenters. The Bertz CT molecular complexity index is 1060. The third kappa shape index (κ3) is 2.37. The summed E-state index contributed by atoms with van der Waals surface area (Å²) in [6.45, 7) is 0. The lowest BCUT2D eigenvalue weighted by Gasteiger charge is -2.15. The highest BCUT2D eigenvalue weighted by atomic mass is 19.4. The molecule has 5 nitrogen and oxygen atoms in total. The molecule has 0 bridgehead atoms. The lowest BCUT2D eigenvalue weighted by atomic mass is 10.1. The van der Waals surface area contributed by atoms with Gasteiger partial charge in [-0.25, -0.2) is 4.98 Å². The van der Waals surface area contributed by atoms with E-state index >= 15 is 0 Å². The number of amides is 1. The van der Waals surface area contributed by atoms with Crippen molar-refractivity contribution in [2.24, 2.45) is 0 Å². The molecule has 25 heavy (non-hydrogen) atoms. The molecule has 2 heterocycles. The van der Waals surface area contributed by atoms with E-state index in [1.165, 1.54) is 16.7 Å². The molecule has 0 fully saturated rings. The highest BCUT2D eigenvalue weighted by molar-refractivity contribution is 5.95. The summed E-state index contributed by atoms with van der Waals surface area (Å²) in [7, 11) is 0. The van der Waals surface area contributed by atoms with Gasteiger partial charge in [0.2, 0.25) is 5.82 Å². The summed E-state index contributed by atoms with van der Waals surface area (Å²) in [5, 5.41) is 2.92. The van der Waals surface area contributed by atoms with Gasteiger partial charge in [0, 0.05) is 0 Å². The van der Waals surface area contributed by atoms with Crippen LogP contribution in [0.3, 0.4) is 0 Å². The van der Waals surface area contributed by atoms with Crippen molar-refractivity contribution in [3.05, 3.63) is 75.8 Å². The number of carbonyl (C=O) groups excluding carboxylic acids is 1. The summed E-state index contributed by atoms with van der Waals surface area (Å²) >= 11 is 0. The molecular formula is C17H10F3N3O2. The Morgan fingerprint density at radius 1 is 1.00 bits per heavy atom. The van der Waals surface area contributed by atoms with E-state index in [9.17, 15) is 22.8 Å². The molecule has 1 N–H and O–H groups in total. The van der Waals surface area contributed by atoms with Crippen molar-refractivity contribution in [1.82, 2.24) is 14.9 Å². The number of hydrogen-bond acceptors (Lipinski definition) is 3. The second kappa shape index (κ2) is 5.17. The number of rotatable bonds is 1. The summed E-state index contributed by atoms with van der Waals surface area (Å²) in [5.74, 6) is -0.610. The van der Waals surface area contributed by atoms with Crippen LogP contribution in [0.15, 0.2) is 53.3 Å². The number of halogens is 3. The number of aromatic nitrogens is 2. The fourth-order valence-electron chi connectivity index (χ4n) is 2.89. The number of carbonyl (C=O) groups is 1. The third-order valence-electron chi connectivity index (χ3n) is 4.09. The highest BCUT2D eigenvalue weighted by Gasteiger charge is 2.34. The second-order valence-electron chi connectivity index (χ2n) is 5.62. The van der Waals surface area contributed by atoms with Gasteiger partial charge in [0.25, 0.3) is 11.5 Å². The zero-order chi connectivity index (χ0) is 17.8. The van der Waals surface area contributed by atoms with Crippen LogP contribution >= 0.6 is 0 Å². The molecule has 0 saturated heterocycles. The fraction of sp³-hybridized carbons (Fsp3) is 0.118. The van der Waals surface area contributed by atoms with Crippen molar-refractivity contribution >= 4 is 16.8 Å². The monoisotopic (exact) mass is 345 g/mol. The quantitative estimate of drug-likeness (QED) is 0.738. The van der Waals surface area contributed by atoms with Crippen LogP contribution in [0.5, 0.6) is 0 Å². The van der Waals surface area contributed by atoms with Gasteiger partial charge in [-0.1, -0.05) is 24.3 Å². The van der Waals surface area contributed by atoms with Gasteiger partial charge in [-0.15, -0.1) is 0 Å². The van der Waals surface area contributed by atoms with Gasteiger partial charge in [-0.05, 0) is 29.8 Å². The highest BCUT2D eigenvalue weighted by Crippen LogP contribution is 2.31. The van der Waals surface area contributed by atoms with Gasteiger partial charge in [0.15, 0.2) is 0 Å². The average Bonchev–Trinajstić information content (AvgIpc) is 2.92. The van der Waals surface area contributed by atoms with Crippen molar-refractivity contribution in [3.8, 4) is 0 Å². The van der Waals surface area contributed by atoms with Crippen LogP contribution in [0.4, 0.5) is 13.2 Å². The van der Waals surface area contributed by atoms with Crippen LogP contribution in [0.1, 0.15) is 27.9 Å². The van der Waals surface area contributed by atoms with E-state index in [0.29, 0.717) is 16.5 Å². The van der Waals surface area contributed by atoms with E-state index in [0.717, 1.165) is 12.1 Å². The first-order chi connectivity index (χ1) is 11.9. The first-order valence-corrected chi connectivity index (χ1v) is 7.35. The maximum Gasteiger partial charge on any atom is 0.416 e. The van der Waals surface area contributed by atoms with Crippen molar-refractivity contribution in [2.45, 2.75) is 12.3 Å². The smallest absolute Gasteiger partial charge is 0.325 e. The summed E-state index contributed by atoms with van der Waals surface area (Å²) in [4.78, 5) is 29.1. The van der Waals surface area contributed by atoms with Crippen molar-refractivity contribution in [2.75, 3.05) is 0 Å². The van der Waals surface area contributed by atoms with Crippen LogP contribution in [0.25, 0.3) is 10.9 Å². The first kappa shape index (κ1) is 15.4. The predicted molar refractivity (Wildman–Crippen MR) is 83.1 cm³/mol. The predicted octanol–water partition coefficient (Wildman–Crippen LogP) is 2.71. The van der Waals surface area contributed by atoms with Gasteiger partial charge < -0.3 is 5.32 Å². The summed E-state index contributed by atoms with van der Waals surface area (Å²) in [6.07, 6.45) is -5.35. The summed E-state index contributed by atoms with van der Waals surface area (Å²) < 4.78 is 39.3. The molecule has 1 aliphatic heterocycles. The van der Waals surface area contributed by atoms with Crippen LogP contribution < -0.4 is 10.9 Å². The molecular weight excluding hydrogens is 335 g/mol. The normalized spacial score (nSPS) is 16.8. The minimum atomic E-state index is -4.45. The van der Waals surface area contributed by atoms with E-state index in [2.05, 4.69) is 10.3 Å². The molecule has 3 aromatic rings. The molecule has 0 spiro atoms. The molecule has 1 atom stereocenters. The molecule has 1 aromatic heterocycles. The Kier molecular flexibility index (Phi) is 3.18. The molecule has 126 valence electrons. The van der Waals surface area contributed by atoms with Crippen LogP contribution in [0, 0.1) is 0 Å². The topological polar surface area (TPSA) is 64.0 Å². The SMILES string of the molecule is O=C1NC(c2ccc(C(F)(F)F)cc2)n2c1nc1ccccc1c2=O. The number of hydrogen-bond donors (Lipinski definition) is 1. The molecule has 1 aliphatic rings. The van der Waals surface area contributed by atoms with Gasteiger partial charge in [-0.3, -0.25) is 14.2 Å². The maximum atomic E-state index is 12.7. The number of nitrogens with zero attached hydrogens (tertiary/aromatic N) is 2. The number of para-hydroxylation sites is 1. The Hall–Kier alpha value is -3.16. The molecule has 0 aliphatic carbocycles. The second-order valence-corrected chi connectivity index (χ2v) is 5.62. The molecule has 1 amide bonds. The van der Waals surface area contributed by atoms with Gasteiger partial charge in [0.1, 0.15) is 6.17 Å². The molecule has 0 saturated carbocycles. The lowest BCUT2D eigenvalue weighted by Crippen LogP contribution is -2.29. The van der Waals surface area contributed by atoms with E-state index < -0.39 is 29.4 Å². The number of benzene rings is 2. The standard InChI is InChI=1S/C17H10F3N3O2/c18-17(19,20)10-7-5-9(6-8-10)13-22-15(24)14-21-12-4-2-1-3-11(12)16(25)23(13)14/h1-8,13H,(H,22,24). The number of fused-ring (bicyclic) bond motifs is 2. The fourth-order valence-corrected chi connectivity index (χ4v) is 2.89. The van der Waals surface area contributed by atoms with Gasteiger partial charge in [0.05, 0.1) is 16.5 Å². The molecule has 8 heteroatoms. The van der Waals surface area contributed by atoms with E-state index in [1.807, 2.05) is 0 Å². The van der Waals surface area contributed by atoms with Gasteiger partial charge >= 0.3 is 6.18 Å². The van der Waals surface area contributed by atoms with Crippen molar-refractivity contribution in [1.29, 1.82) is 0 Å². The number of alkyl halides is 3. The Morgan fingerprint density at radius 3 is 2.36 bits per heavy atom. The van der Waals surface area contributed by atoms with Gasteiger partial charge in [-0.2, -0.15) is 13.2 Å². The first-order valence-electron chi connectivity index (χ1n) is 7.35. The van der Waals surface area contributed by atoms with E-state index in [1.54, 1.807) is 24.3 Å². The van der Waals surface area contributed by atoms with Crippen LogP contribution in [0.2, 0.25) is 0 Å². The summed E-state index contributed by atoms with van der Waals surface area (Å²) in [6, 6.07) is 10.9. The Morgan fingerprint density at radius 2 is 1.68 bits per heavy atom. The third-order valence-corrected chi connectivity index (χ3v) is 4.09. The Balaban J connectivity index is 1.87. The zero-order valence-electron chi connectivity index (χ0n) is 12.5. The zero-order valence-corrected chi connectivity index (χ0v) is 12.5. The minimum absolute atomic E-state index is 0.0615. The molecule has 4 rings (SSSR count). The molecule has 2 aromatic carbocycles. The Labute approximate surface area is 138 Å². The average molecular weight is 345 g/mol. The lowest BCUT2D eigenvalue weighted by molar-refractivity contribution is -0.137. The van der Waals surface area contributed by atoms with Crippen molar-refractivity contribution < 1.29 is 18.0 Å². The van der Waals surface area contributed by atoms with Crippen LogP contribution in [-0.2, 0) is 6.18 Å². The van der Waals surface area contributed by atoms with Crippen molar-refractivity contribution in [3.63, 3.8) is 0 Å². The van der Waals surface area contributed by atoms with E-state index in [4.69, 9.17) is 0 Å². The summed E-state index contributed by atoms with van der Waals surface area (Å²) in [5.41, 5.74) is -0.477. The maximum absolute atomic E-state index is 12.7. The molecule has 0 radical (unpaired) electrons. The number of nitrogens with one attached hydrogen (secondary N) is 1.